The Kier molecular flexibility index (Phi) is 3.17. The van der Waals surface area contributed by atoms with Crippen LogP contribution in [0.4, 0.5) is 0 Å². The van der Waals surface area contributed by atoms with E-state index in [-0.39, 0.29) is 12.1 Å². The fourth-order valence-corrected chi connectivity index (χ4v) is 0.999. The van der Waals surface area contributed by atoms with Crippen molar-refractivity contribution in [2.45, 2.75) is 13.5 Å². The monoisotopic (exact) mass is 194 g/mol. The molecule has 0 fully saturated rings. The van der Waals surface area contributed by atoms with E-state index in [0.717, 1.165) is 6.08 Å². The molecule has 0 aliphatic carbocycles. The van der Waals surface area contributed by atoms with E-state index in [1.165, 1.54) is 23.0 Å². The third-order valence-corrected chi connectivity index (χ3v) is 1.55. The largest absolute Gasteiger partial charge is 0.478 e. The molecule has 0 amide bonds. The smallest absolute Gasteiger partial charge is 0.328 e. The summed E-state index contributed by atoms with van der Waals surface area (Å²) in [6.07, 6.45) is 2.54. The lowest BCUT2D eigenvalue weighted by Gasteiger charge is -2.02. The van der Waals surface area contributed by atoms with Gasteiger partial charge in [-0.25, -0.2) is 9.48 Å². The summed E-state index contributed by atoms with van der Waals surface area (Å²) in [5, 5.41) is 12.2. The van der Waals surface area contributed by atoms with Gasteiger partial charge >= 0.3 is 5.97 Å². The third kappa shape index (κ3) is 2.85. The fourth-order valence-electron chi connectivity index (χ4n) is 0.999. The standard InChI is InChI=1S/C9H10N2O3/c1-7(5-9(13)14)6-11-8(12)3-2-4-10-11/h2-5H,6H2,1H3,(H,13,14). The Morgan fingerprint density at radius 3 is 3.00 bits per heavy atom. The van der Waals surface area contributed by atoms with Crippen LogP contribution in [0, 0.1) is 0 Å². The zero-order chi connectivity index (χ0) is 10.6. The van der Waals surface area contributed by atoms with Gasteiger partial charge < -0.3 is 5.11 Å². The molecule has 1 N–H and O–H groups in total. The summed E-state index contributed by atoms with van der Waals surface area (Å²) in [7, 11) is 0. The average molecular weight is 194 g/mol. The molecule has 0 saturated heterocycles. The number of carbonyl (C=O) groups is 1. The molecule has 0 aliphatic rings. The lowest BCUT2D eigenvalue weighted by Crippen LogP contribution is -2.21. The number of carboxylic acid groups (broad SMARTS) is 1. The van der Waals surface area contributed by atoms with Crippen LogP contribution in [-0.4, -0.2) is 20.9 Å². The predicted octanol–water partition coefficient (Wildman–Crippen LogP) is 0.274. The summed E-state index contributed by atoms with van der Waals surface area (Å²) in [6.45, 7) is 1.83. The maximum absolute atomic E-state index is 11.2. The van der Waals surface area contributed by atoms with Gasteiger partial charge in [-0.2, -0.15) is 5.10 Å². The van der Waals surface area contributed by atoms with Gasteiger partial charge in [0.2, 0.25) is 0 Å². The lowest BCUT2D eigenvalue weighted by molar-refractivity contribution is -0.131. The van der Waals surface area contributed by atoms with Crippen LogP contribution in [0.1, 0.15) is 6.92 Å². The van der Waals surface area contributed by atoms with Crippen LogP contribution in [0.25, 0.3) is 0 Å². The van der Waals surface area contributed by atoms with Crippen molar-refractivity contribution in [3.05, 3.63) is 40.3 Å². The van der Waals surface area contributed by atoms with E-state index >= 15 is 0 Å². The molecule has 14 heavy (non-hydrogen) atoms. The fraction of sp³-hybridized carbons (Fsp3) is 0.222. The van der Waals surface area contributed by atoms with Gasteiger partial charge in [0.05, 0.1) is 6.54 Å². The highest BCUT2D eigenvalue weighted by Gasteiger charge is 1.98. The molecule has 0 atom stereocenters. The second-order valence-corrected chi connectivity index (χ2v) is 2.85. The number of allylic oxidation sites excluding steroid dienone is 1. The second-order valence-electron chi connectivity index (χ2n) is 2.85. The maximum Gasteiger partial charge on any atom is 0.328 e. The summed E-state index contributed by atoms with van der Waals surface area (Å²) in [5.41, 5.74) is 0.323. The van der Waals surface area contributed by atoms with Gasteiger partial charge in [0.25, 0.3) is 5.56 Å². The summed E-state index contributed by atoms with van der Waals surface area (Å²) in [5.74, 6) is -1.02. The van der Waals surface area contributed by atoms with Crippen molar-refractivity contribution >= 4 is 5.97 Å². The van der Waals surface area contributed by atoms with E-state index in [4.69, 9.17) is 5.11 Å². The first-order valence-electron chi connectivity index (χ1n) is 4.02. The van der Waals surface area contributed by atoms with Gasteiger partial charge in [0, 0.05) is 18.3 Å². The lowest BCUT2D eigenvalue weighted by atomic mass is 10.3. The highest BCUT2D eigenvalue weighted by atomic mass is 16.4. The molecule has 0 radical (unpaired) electrons. The Bertz CT molecular complexity index is 420. The molecular weight excluding hydrogens is 184 g/mol. The molecule has 74 valence electrons. The summed E-state index contributed by atoms with van der Waals surface area (Å²) in [4.78, 5) is 21.5. The topological polar surface area (TPSA) is 72.2 Å². The van der Waals surface area contributed by atoms with Crippen LogP contribution in [0.2, 0.25) is 0 Å². The van der Waals surface area contributed by atoms with Crippen molar-refractivity contribution in [3.8, 4) is 0 Å². The molecule has 5 heteroatoms. The van der Waals surface area contributed by atoms with Crippen LogP contribution in [0.3, 0.4) is 0 Å². The first-order chi connectivity index (χ1) is 6.59. The number of rotatable bonds is 3. The highest BCUT2D eigenvalue weighted by molar-refractivity contribution is 5.80. The zero-order valence-corrected chi connectivity index (χ0v) is 7.67. The van der Waals surface area contributed by atoms with Crippen LogP contribution in [0.5, 0.6) is 0 Å². The Morgan fingerprint density at radius 1 is 1.71 bits per heavy atom. The first kappa shape index (κ1) is 10.2. The molecule has 0 aromatic carbocycles. The Hall–Kier alpha value is -1.91. The van der Waals surface area contributed by atoms with E-state index in [0.29, 0.717) is 5.57 Å². The number of nitrogens with zero attached hydrogens (tertiary/aromatic N) is 2. The molecule has 1 aromatic heterocycles. The van der Waals surface area contributed by atoms with Crippen LogP contribution in [-0.2, 0) is 11.3 Å². The molecule has 5 nitrogen and oxygen atoms in total. The molecule has 0 bridgehead atoms. The summed E-state index contributed by atoms with van der Waals surface area (Å²) < 4.78 is 1.20. The van der Waals surface area contributed by atoms with E-state index in [9.17, 15) is 9.59 Å². The van der Waals surface area contributed by atoms with Crippen molar-refractivity contribution in [1.82, 2.24) is 9.78 Å². The SMILES string of the molecule is CC(=CC(=O)O)Cn1ncccc1=O. The minimum atomic E-state index is -1.02. The van der Waals surface area contributed by atoms with Gasteiger partial charge in [-0.05, 0) is 18.6 Å². The zero-order valence-electron chi connectivity index (χ0n) is 7.67. The van der Waals surface area contributed by atoms with Crippen LogP contribution >= 0.6 is 0 Å². The van der Waals surface area contributed by atoms with Gasteiger partial charge in [-0.15, -0.1) is 0 Å². The normalized spacial score (nSPS) is 11.4. The number of hydrogen-bond acceptors (Lipinski definition) is 3. The van der Waals surface area contributed by atoms with Gasteiger partial charge in [0.15, 0.2) is 0 Å². The molecule has 0 aliphatic heterocycles. The van der Waals surface area contributed by atoms with E-state index in [2.05, 4.69) is 5.10 Å². The van der Waals surface area contributed by atoms with Crippen LogP contribution in [0.15, 0.2) is 34.8 Å². The van der Waals surface area contributed by atoms with E-state index < -0.39 is 5.97 Å². The summed E-state index contributed by atoms with van der Waals surface area (Å²) >= 11 is 0. The van der Waals surface area contributed by atoms with Crippen molar-refractivity contribution in [3.63, 3.8) is 0 Å². The van der Waals surface area contributed by atoms with Crippen molar-refractivity contribution in [2.75, 3.05) is 0 Å². The molecule has 1 rings (SSSR count). The quantitative estimate of drug-likeness (QED) is 0.701. The van der Waals surface area contributed by atoms with Crippen LogP contribution < -0.4 is 5.56 Å². The average Bonchev–Trinajstić information content (AvgIpc) is 2.07. The minimum absolute atomic E-state index is 0.200. The number of aromatic nitrogens is 2. The van der Waals surface area contributed by atoms with E-state index in [1.54, 1.807) is 6.92 Å². The minimum Gasteiger partial charge on any atom is -0.478 e. The van der Waals surface area contributed by atoms with Gasteiger partial charge in [0.1, 0.15) is 0 Å². The highest BCUT2D eigenvalue weighted by Crippen LogP contribution is 1.94. The van der Waals surface area contributed by atoms with E-state index in [1.807, 2.05) is 0 Å². The Labute approximate surface area is 80.3 Å². The molecule has 1 aromatic rings. The molecule has 0 saturated carbocycles. The van der Waals surface area contributed by atoms with Crippen molar-refractivity contribution < 1.29 is 9.90 Å². The van der Waals surface area contributed by atoms with Crippen molar-refractivity contribution in [1.29, 1.82) is 0 Å². The van der Waals surface area contributed by atoms with Gasteiger partial charge in [-0.3, -0.25) is 4.79 Å². The first-order valence-corrected chi connectivity index (χ1v) is 4.02. The number of aliphatic carboxylic acids is 1. The predicted molar refractivity (Wildman–Crippen MR) is 49.9 cm³/mol. The maximum atomic E-state index is 11.2. The third-order valence-electron chi connectivity index (χ3n) is 1.55. The second kappa shape index (κ2) is 4.36. The number of carboxylic acids is 1. The Morgan fingerprint density at radius 2 is 2.43 bits per heavy atom. The molecule has 0 unspecified atom stereocenters. The number of hydrogen-bond donors (Lipinski definition) is 1. The molecule has 0 spiro atoms. The summed E-state index contributed by atoms with van der Waals surface area (Å²) in [6, 6.07) is 2.91. The molecule has 1 heterocycles. The Balaban J connectivity index is 2.85. The van der Waals surface area contributed by atoms with Gasteiger partial charge in [-0.1, -0.05) is 0 Å². The van der Waals surface area contributed by atoms with Crippen molar-refractivity contribution in [2.24, 2.45) is 0 Å². The molecular formula is C9H10N2O3.